The molecule has 2 aliphatic heterocycles. The second-order valence-electron chi connectivity index (χ2n) is 9.21. The fourth-order valence-corrected chi connectivity index (χ4v) is 7.47. The third-order valence-electron chi connectivity index (χ3n) is 7.20. The molecule has 0 bridgehead atoms. The van der Waals surface area contributed by atoms with Crippen LogP contribution in [0.25, 0.3) is 0 Å². The van der Waals surface area contributed by atoms with E-state index in [1.165, 1.54) is 11.3 Å². The maximum absolute atomic E-state index is 13.7. The van der Waals surface area contributed by atoms with Gasteiger partial charge in [-0.3, -0.25) is 9.69 Å². The molecule has 0 unspecified atom stereocenters. The molecule has 166 valence electrons. The lowest BCUT2D eigenvalue weighted by molar-refractivity contribution is -0.137. The van der Waals surface area contributed by atoms with Gasteiger partial charge < -0.3 is 9.47 Å². The van der Waals surface area contributed by atoms with E-state index in [4.69, 9.17) is 0 Å². The molecule has 7 heteroatoms. The van der Waals surface area contributed by atoms with E-state index in [0.29, 0.717) is 13.0 Å². The van der Waals surface area contributed by atoms with Crippen molar-refractivity contribution in [2.75, 3.05) is 24.6 Å². The van der Waals surface area contributed by atoms with Crippen LogP contribution in [0.15, 0.2) is 48.7 Å². The summed E-state index contributed by atoms with van der Waals surface area (Å²) >= 11 is 0. The van der Waals surface area contributed by atoms with Crippen LogP contribution in [0.2, 0.25) is 0 Å². The van der Waals surface area contributed by atoms with Gasteiger partial charge in [-0.15, -0.1) is 0 Å². The van der Waals surface area contributed by atoms with Crippen LogP contribution in [-0.2, 0) is 21.2 Å². The lowest BCUT2D eigenvalue weighted by Crippen LogP contribution is -2.52. The Labute approximate surface area is 184 Å². The predicted octanol–water partition coefficient (Wildman–Crippen LogP) is 2.85. The van der Waals surface area contributed by atoms with E-state index < -0.39 is 9.84 Å². The van der Waals surface area contributed by atoms with Crippen LogP contribution in [0, 0.1) is 0 Å². The Bertz CT molecular complexity index is 1030. The van der Waals surface area contributed by atoms with Crippen molar-refractivity contribution in [1.29, 1.82) is 0 Å². The molecule has 3 heterocycles. The van der Waals surface area contributed by atoms with E-state index in [-0.39, 0.29) is 35.5 Å². The molecule has 3 aliphatic rings. The zero-order chi connectivity index (χ0) is 21.4. The second-order valence-corrected chi connectivity index (χ2v) is 11.4. The summed E-state index contributed by atoms with van der Waals surface area (Å²) in [7, 11) is -3.03. The quantitative estimate of drug-likeness (QED) is 0.716. The Morgan fingerprint density at radius 3 is 2.45 bits per heavy atom. The minimum atomic E-state index is -3.03. The van der Waals surface area contributed by atoms with Gasteiger partial charge in [0.05, 0.1) is 24.1 Å². The average Bonchev–Trinajstić information content (AvgIpc) is 3.50. The van der Waals surface area contributed by atoms with Gasteiger partial charge in [0.2, 0.25) is 5.91 Å². The summed E-state index contributed by atoms with van der Waals surface area (Å²) in [5.41, 5.74) is 2.40. The molecule has 0 radical (unpaired) electrons. The first-order chi connectivity index (χ1) is 15.0. The highest BCUT2D eigenvalue weighted by molar-refractivity contribution is 7.91. The molecule has 6 nitrogen and oxygen atoms in total. The van der Waals surface area contributed by atoms with Gasteiger partial charge in [-0.05, 0) is 37.0 Å². The van der Waals surface area contributed by atoms with E-state index in [1.54, 1.807) is 0 Å². The number of nitrogens with zero attached hydrogens (tertiary/aromatic N) is 3. The summed E-state index contributed by atoms with van der Waals surface area (Å²) < 4.78 is 26.6. The molecule has 31 heavy (non-hydrogen) atoms. The molecule has 1 saturated heterocycles. The minimum Gasteiger partial charge on any atom is -0.348 e. The number of hydrogen-bond acceptors (Lipinski definition) is 4. The van der Waals surface area contributed by atoms with Crippen molar-refractivity contribution in [3.63, 3.8) is 0 Å². The standard InChI is InChI=1S/C24H31N3O3S/c28-23(27(20-9-4-5-10-20)21-12-16-31(29,30)18-21)17-26-15-14-25-13-6-11-22(25)24(26)19-7-2-1-3-8-19/h1-3,6-8,11,13,20-21,24H,4-5,9-10,12,14-18H2/t21-,24-/m1/s1. The van der Waals surface area contributed by atoms with E-state index in [9.17, 15) is 13.2 Å². The normalized spacial score (nSPS) is 26.1. The zero-order valence-corrected chi connectivity index (χ0v) is 18.7. The topological polar surface area (TPSA) is 62.6 Å². The summed E-state index contributed by atoms with van der Waals surface area (Å²) in [5.74, 6) is 0.424. The molecule has 1 amide bonds. The van der Waals surface area contributed by atoms with Gasteiger partial charge in [0.15, 0.2) is 9.84 Å². The molecule has 0 N–H and O–H groups in total. The SMILES string of the molecule is O=C(CN1CCn2cccc2[C@H]1c1ccccc1)N(C1CCCC1)[C@@H]1CCS(=O)(=O)C1. The molecule has 0 spiro atoms. The molecule has 1 aliphatic carbocycles. The van der Waals surface area contributed by atoms with Crippen molar-refractivity contribution in [3.05, 3.63) is 59.9 Å². The van der Waals surface area contributed by atoms with Crippen molar-refractivity contribution < 1.29 is 13.2 Å². The van der Waals surface area contributed by atoms with E-state index in [0.717, 1.165) is 38.8 Å². The van der Waals surface area contributed by atoms with Crippen LogP contribution >= 0.6 is 0 Å². The van der Waals surface area contributed by atoms with Gasteiger partial charge in [-0.2, -0.15) is 0 Å². The predicted molar refractivity (Wildman–Crippen MR) is 120 cm³/mol. The summed E-state index contributed by atoms with van der Waals surface area (Å²) in [5, 5.41) is 0. The molecule has 2 fully saturated rings. The highest BCUT2D eigenvalue weighted by atomic mass is 32.2. The van der Waals surface area contributed by atoms with Crippen LogP contribution in [0.3, 0.4) is 0 Å². The van der Waals surface area contributed by atoms with E-state index >= 15 is 0 Å². The smallest absolute Gasteiger partial charge is 0.237 e. The summed E-state index contributed by atoms with van der Waals surface area (Å²) in [4.78, 5) is 18.0. The highest BCUT2D eigenvalue weighted by Gasteiger charge is 2.40. The van der Waals surface area contributed by atoms with Gasteiger partial charge >= 0.3 is 0 Å². The molecule has 1 aromatic heterocycles. The monoisotopic (exact) mass is 441 g/mol. The Morgan fingerprint density at radius 2 is 1.74 bits per heavy atom. The third-order valence-corrected chi connectivity index (χ3v) is 8.95. The lowest BCUT2D eigenvalue weighted by atomic mass is 9.99. The number of fused-ring (bicyclic) bond motifs is 1. The largest absolute Gasteiger partial charge is 0.348 e. The van der Waals surface area contributed by atoms with Crippen LogP contribution in [0.1, 0.15) is 49.4 Å². The minimum absolute atomic E-state index is 0.0339. The number of aromatic nitrogens is 1. The number of hydrogen-bond donors (Lipinski definition) is 0. The van der Waals surface area contributed by atoms with Gasteiger partial charge in [0.1, 0.15) is 0 Å². The summed E-state index contributed by atoms with van der Waals surface area (Å²) in [6, 6.07) is 14.6. The number of carbonyl (C=O) groups is 1. The molecule has 2 aromatic rings. The van der Waals surface area contributed by atoms with Gasteiger partial charge in [-0.25, -0.2) is 8.42 Å². The zero-order valence-electron chi connectivity index (χ0n) is 17.9. The first kappa shape index (κ1) is 20.8. The van der Waals surface area contributed by atoms with Crippen molar-refractivity contribution in [2.45, 2.75) is 56.8 Å². The fourth-order valence-electron chi connectivity index (χ4n) is 5.76. The number of sulfone groups is 1. The third kappa shape index (κ3) is 4.17. The van der Waals surface area contributed by atoms with Crippen LogP contribution < -0.4 is 0 Å². The van der Waals surface area contributed by atoms with Crippen LogP contribution in [0.5, 0.6) is 0 Å². The Hall–Kier alpha value is -2.12. The first-order valence-electron chi connectivity index (χ1n) is 11.5. The molecular weight excluding hydrogens is 410 g/mol. The number of amides is 1. The van der Waals surface area contributed by atoms with Gasteiger partial charge in [-0.1, -0.05) is 43.2 Å². The van der Waals surface area contributed by atoms with Crippen molar-refractivity contribution in [1.82, 2.24) is 14.4 Å². The van der Waals surface area contributed by atoms with Crippen molar-refractivity contribution >= 4 is 15.7 Å². The molecule has 1 saturated carbocycles. The van der Waals surface area contributed by atoms with Crippen LogP contribution in [-0.4, -0.2) is 65.4 Å². The summed E-state index contributed by atoms with van der Waals surface area (Å²) in [6.07, 6.45) is 6.92. The van der Waals surface area contributed by atoms with Crippen molar-refractivity contribution in [2.24, 2.45) is 0 Å². The summed E-state index contributed by atoms with van der Waals surface area (Å²) in [6.45, 7) is 1.99. The Morgan fingerprint density at radius 1 is 0.968 bits per heavy atom. The second kappa shape index (κ2) is 8.43. The lowest BCUT2D eigenvalue weighted by Gasteiger charge is -2.40. The maximum atomic E-state index is 13.7. The molecule has 5 rings (SSSR count). The highest BCUT2D eigenvalue weighted by Crippen LogP contribution is 2.34. The maximum Gasteiger partial charge on any atom is 0.237 e. The van der Waals surface area contributed by atoms with Gasteiger partial charge in [0.25, 0.3) is 0 Å². The fraction of sp³-hybridized carbons (Fsp3) is 0.542. The van der Waals surface area contributed by atoms with E-state index in [1.807, 2.05) is 23.1 Å². The molecular formula is C24H31N3O3S. The van der Waals surface area contributed by atoms with Crippen molar-refractivity contribution in [3.8, 4) is 0 Å². The Balaban J connectivity index is 1.41. The molecule has 2 atom stereocenters. The number of carbonyl (C=O) groups excluding carboxylic acids is 1. The number of benzene rings is 1. The first-order valence-corrected chi connectivity index (χ1v) is 13.3. The van der Waals surface area contributed by atoms with Crippen LogP contribution in [0.4, 0.5) is 0 Å². The Kier molecular flexibility index (Phi) is 5.65. The van der Waals surface area contributed by atoms with E-state index in [2.05, 4.69) is 39.9 Å². The van der Waals surface area contributed by atoms with Gasteiger partial charge in [0, 0.05) is 37.1 Å². The molecule has 1 aromatic carbocycles. The average molecular weight is 442 g/mol. The number of rotatable bonds is 5.